The lowest BCUT2D eigenvalue weighted by molar-refractivity contribution is -0.140. The molecule has 2 heterocycles. The third kappa shape index (κ3) is 4.47. The van der Waals surface area contributed by atoms with Gasteiger partial charge in [0.15, 0.2) is 0 Å². The topological polar surface area (TPSA) is 79.7 Å². The molecule has 1 fully saturated rings. The average Bonchev–Trinajstić information content (AvgIpc) is 3.26. The summed E-state index contributed by atoms with van der Waals surface area (Å²) in [5, 5.41) is 10.8. The van der Waals surface area contributed by atoms with Crippen molar-refractivity contribution in [3.8, 4) is 5.75 Å². The Morgan fingerprint density at radius 3 is 2.61 bits per heavy atom. The van der Waals surface area contributed by atoms with Crippen molar-refractivity contribution in [1.29, 1.82) is 0 Å². The van der Waals surface area contributed by atoms with E-state index in [1.165, 1.54) is 0 Å². The van der Waals surface area contributed by atoms with Gasteiger partial charge in [0.2, 0.25) is 5.91 Å². The van der Waals surface area contributed by atoms with Gasteiger partial charge in [0.1, 0.15) is 27.9 Å². The molecule has 2 aromatic rings. The smallest absolute Gasteiger partial charge is 0.347 e. The zero-order valence-corrected chi connectivity index (χ0v) is 17.6. The summed E-state index contributed by atoms with van der Waals surface area (Å²) in [6.45, 7) is 6.38. The van der Waals surface area contributed by atoms with Crippen molar-refractivity contribution in [2.75, 3.05) is 6.54 Å². The van der Waals surface area contributed by atoms with Crippen molar-refractivity contribution in [3.05, 3.63) is 44.9 Å². The number of carboxylic acids is 1. The molecule has 1 N–H and O–H groups in total. The molecular formula is C20H23ClN2O4S. The normalized spacial score (nSPS) is 17.0. The number of likely N-dealkylation sites (tertiary alicyclic amines) is 1. The standard InChI is InChI=1S/C20H23ClN2O4S/c1-20(2,3)19(26)23-10-4-5-15(23)17-22-14(16(28-17)18(24)25)11-27-13-8-6-12(21)7-9-13/h6-9,15H,4-5,10-11H2,1-3H3,(H,24,25). The lowest BCUT2D eigenvalue weighted by Gasteiger charge is -2.29. The number of carbonyl (C=O) groups excluding carboxylic acids is 1. The van der Waals surface area contributed by atoms with Crippen molar-refractivity contribution in [3.63, 3.8) is 0 Å². The highest BCUT2D eigenvalue weighted by atomic mass is 35.5. The Bertz CT molecular complexity index is 873. The van der Waals surface area contributed by atoms with E-state index in [4.69, 9.17) is 16.3 Å². The fourth-order valence-electron chi connectivity index (χ4n) is 3.16. The van der Waals surface area contributed by atoms with E-state index in [0.717, 1.165) is 24.2 Å². The number of aromatic carboxylic acids is 1. The number of carboxylic acid groups (broad SMARTS) is 1. The van der Waals surface area contributed by atoms with Crippen molar-refractivity contribution >= 4 is 34.8 Å². The molecule has 0 spiro atoms. The monoisotopic (exact) mass is 422 g/mol. The molecule has 1 aliphatic rings. The number of ether oxygens (including phenoxy) is 1. The first kappa shape index (κ1) is 20.6. The Morgan fingerprint density at radius 1 is 1.32 bits per heavy atom. The number of thiazole rings is 1. The second kappa shape index (κ2) is 8.09. The van der Waals surface area contributed by atoms with Crippen LogP contribution in [-0.2, 0) is 11.4 Å². The van der Waals surface area contributed by atoms with Crippen molar-refractivity contribution in [2.45, 2.75) is 46.3 Å². The number of nitrogens with zero attached hydrogens (tertiary/aromatic N) is 2. The van der Waals surface area contributed by atoms with Crippen molar-refractivity contribution in [1.82, 2.24) is 9.88 Å². The molecule has 0 aliphatic carbocycles. The maximum absolute atomic E-state index is 12.8. The van der Waals surface area contributed by atoms with Crippen LogP contribution in [0.1, 0.15) is 60.0 Å². The van der Waals surface area contributed by atoms with Crippen LogP contribution in [0.15, 0.2) is 24.3 Å². The Balaban J connectivity index is 1.82. The summed E-state index contributed by atoms with van der Waals surface area (Å²) in [6, 6.07) is 6.67. The van der Waals surface area contributed by atoms with Gasteiger partial charge in [0.05, 0.1) is 6.04 Å². The second-order valence-electron chi connectivity index (χ2n) is 7.78. The molecule has 0 radical (unpaired) electrons. The molecule has 1 aromatic heterocycles. The maximum atomic E-state index is 12.8. The Kier molecular flexibility index (Phi) is 5.95. The summed E-state index contributed by atoms with van der Waals surface area (Å²) < 4.78 is 5.68. The SMILES string of the molecule is CC(C)(C)C(=O)N1CCCC1c1nc(COc2ccc(Cl)cc2)c(C(=O)O)s1. The summed E-state index contributed by atoms with van der Waals surface area (Å²) in [4.78, 5) is 31.0. The molecular weight excluding hydrogens is 400 g/mol. The van der Waals surface area contributed by atoms with Crippen LogP contribution >= 0.6 is 22.9 Å². The van der Waals surface area contributed by atoms with Crippen LogP contribution in [0, 0.1) is 5.41 Å². The van der Waals surface area contributed by atoms with Crippen molar-refractivity contribution < 1.29 is 19.4 Å². The first-order valence-corrected chi connectivity index (χ1v) is 10.3. The molecule has 0 saturated carbocycles. The molecule has 150 valence electrons. The van der Waals surface area contributed by atoms with E-state index in [1.807, 2.05) is 25.7 Å². The average molecular weight is 423 g/mol. The maximum Gasteiger partial charge on any atom is 0.347 e. The van der Waals surface area contributed by atoms with Gasteiger partial charge >= 0.3 is 5.97 Å². The molecule has 8 heteroatoms. The molecule has 1 aliphatic heterocycles. The van der Waals surface area contributed by atoms with Gasteiger partial charge < -0.3 is 14.7 Å². The van der Waals surface area contributed by atoms with E-state index >= 15 is 0 Å². The molecule has 1 aromatic carbocycles. The fourth-order valence-corrected chi connectivity index (χ4v) is 4.34. The summed E-state index contributed by atoms with van der Waals surface area (Å²) in [5.74, 6) is -0.396. The van der Waals surface area contributed by atoms with E-state index in [9.17, 15) is 14.7 Å². The number of halogens is 1. The molecule has 1 amide bonds. The number of aromatic nitrogens is 1. The number of hydrogen-bond donors (Lipinski definition) is 1. The lowest BCUT2D eigenvalue weighted by Crippen LogP contribution is -2.38. The quantitative estimate of drug-likeness (QED) is 0.749. The molecule has 3 rings (SSSR count). The zero-order valence-electron chi connectivity index (χ0n) is 16.1. The molecule has 0 bridgehead atoms. The second-order valence-corrected chi connectivity index (χ2v) is 9.25. The predicted octanol–water partition coefficient (Wildman–Crippen LogP) is 4.78. The van der Waals surface area contributed by atoms with Gasteiger partial charge in [0.25, 0.3) is 0 Å². The Morgan fingerprint density at radius 2 is 2.00 bits per heavy atom. The third-order valence-electron chi connectivity index (χ3n) is 4.54. The number of amides is 1. The summed E-state index contributed by atoms with van der Waals surface area (Å²) >= 11 is 7.00. The van der Waals surface area contributed by atoms with E-state index in [-0.39, 0.29) is 23.4 Å². The minimum atomic E-state index is -1.04. The van der Waals surface area contributed by atoms with E-state index in [0.29, 0.717) is 28.0 Å². The highest BCUT2D eigenvalue weighted by molar-refractivity contribution is 7.13. The van der Waals surface area contributed by atoms with Crippen LogP contribution in [0.4, 0.5) is 0 Å². The van der Waals surface area contributed by atoms with Crippen molar-refractivity contribution in [2.24, 2.45) is 5.41 Å². The highest BCUT2D eigenvalue weighted by Gasteiger charge is 2.38. The van der Waals surface area contributed by atoms with Crippen LogP contribution < -0.4 is 4.74 Å². The van der Waals surface area contributed by atoms with Crippen LogP contribution in [0.3, 0.4) is 0 Å². The predicted molar refractivity (Wildman–Crippen MR) is 108 cm³/mol. The number of benzene rings is 1. The van der Waals surface area contributed by atoms with Gasteiger partial charge in [0, 0.05) is 17.0 Å². The zero-order chi connectivity index (χ0) is 20.5. The number of rotatable bonds is 5. The minimum Gasteiger partial charge on any atom is -0.487 e. The first-order chi connectivity index (χ1) is 13.2. The Hall–Kier alpha value is -2.12. The van der Waals surface area contributed by atoms with Gasteiger partial charge in [-0.2, -0.15) is 0 Å². The highest BCUT2D eigenvalue weighted by Crippen LogP contribution is 2.38. The number of hydrogen-bond acceptors (Lipinski definition) is 5. The van der Waals surface area contributed by atoms with Crippen LogP contribution in [0.2, 0.25) is 5.02 Å². The molecule has 1 atom stereocenters. The van der Waals surface area contributed by atoms with E-state index < -0.39 is 11.4 Å². The first-order valence-electron chi connectivity index (χ1n) is 9.09. The molecule has 6 nitrogen and oxygen atoms in total. The van der Waals surface area contributed by atoms with Gasteiger partial charge in [-0.05, 0) is 37.1 Å². The van der Waals surface area contributed by atoms with Gasteiger partial charge in [-0.15, -0.1) is 11.3 Å². The number of carbonyl (C=O) groups is 2. The minimum absolute atomic E-state index is 0.0414. The van der Waals surface area contributed by atoms with Crippen LogP contribution in [0.5, 0.6) is 5.75 Å². The molecule has 28 heavy (non-hydrogen) atoms. The van der Waals surface area contributed by atoms with Gasteiger partial charge in [-0.1, -0.05) is 32.4 Å². The fraction of sp³-hybridized carbons (Fsp3) is 0.450. The lowest BCUT2D eigenvalue weighted by atomic mass is 9.94. The van der Waals surface area contributed by atoms with Crippen LogP contribution in [0.25, 0.3) is 0 Å². The summed E-state index contributed by atoms with van der Waals surface area (Å²) in [7, 11) is 0. The summed E-state index contributed by atoms with van der Waals surface area (Å²) in [5.41, 5.74) is -0.117. The molecule has 1 unspecified atom stereocenters. The van der Waals surface area contributed by atoms with E-state index in [2.05, 4.69) is 4.98 Å². The largest absolute Gasteiger partial charge is 0.487 e. The van der Waals surface area contributed by atoms with E-state index in [1.54, 1.807) is 24.3 Å². The summed E-state index contributed by atoms with van der Waals surface area (Å²) in [6.07, 6.45) is 1.66. The molecule has 1 saturated heterocycles. The van der Waals surface area contributed by atoms with Gasteiger partial charge in [-0.3, -0.25) is 4.79 Å². The third-order valence-corrected chi connectivity index (χ3v) is 5.98. The Labute approximate surface area is 173 Å². The van der Waals surface area contributed by atoms with Crippen LogP contribution in [-0.4, -0.2) is 33.4 Å². The van der Waals surface area contributed by atoms with Gasteiger partial charge in [-0.25, -0.2) is 9.78 Å².